The lowest BCUT2D eigenvalue weighted by Gasteiger charge is -2.34. The normalized spacial score (nSPS) is 24.1. The Kier molecular flexibility index (Phi) is 5.58. The highest BCUT2D eigenvalue weighted by atomic mass is 16.6. The number of amides is 4. The molecule has 2 aliphatic heterocycles. The van der Waals surface area contributed by atoms with Gasteiger partial charge in [-0.1, -0.05) is 42.5 Å². The van der Waals surface area contributed by atoms with E-state index >= 15 is 0 Å². The first-order chi connectivity index (χ1) is 16.0. The number of carbonyl (C=O) groups excluding carboxylic acids is 4. The van der Waals surface area contributed by atoms with Crippen LogP contribution in [0.15, 0.2) is 48.5 Å². The van der Waals surface area contributed by atoms with Gasteiger partial charge in [0.2, 0.25) is 11.8 Å². The molecule has 0 radical (unpaired) electrons. The van der Waals surface area contributed by atoms with Crippen LogP contribution in [0, 0.1) is 0 Å². The van der Waals surface area contributed by atoms with Gasteiger partial charge in [-0.15, -0.1) is 0 Å². The average Bonchev–Trinajstić information content (AvgIpc) is 3.11. The minimum atomic E-state index is -0.638. The number of piperidine rings is 1. The van der Waals surface area contributed by atoms with E-state index in [0.29, 0.717) is 24.4 Å². The molecule has 5 rings (SSSR count). The van der Waals surface area contributed by atoms with Gasteiger partial charge in [-0.2, -0.15) is 0 Å². The predicted octanol–water partition coefficient (Wildman–Crippen LogP) is 2.62. The summed E-state index contributed by atoms with van der Waals surface area (Å²) in [4.78, 5) is 50.2. The van der Waals surface area contributed by atoms with Crippen molar-refractivity contribution in [1.29, 1.82) is 0 Å². The summed E-state index contributed by atoms with van der Waals surface area (Å²) in [5.74, 6) is -0.537. The molecular formula is C25H25N3O5. The van der Waals surface area contributed by atoms with Gasteiger partial charge in [-0.25, -0.2) is 4.79 Å². The minimum Gasteiger partial charge on any atom is -0.446 e. The summed E-state index contributed by atoms with van der Waals surface area (Å²) >= 11 is 0. The molecule has 4 amide bonds. The van der Waals surface area contributed by atoms with E-state index in [-0.39, 0.29) is 30.9 Å². The fraction of sp³-hybridized carbons (Fsp3) is 0.360. The van der Waals surface area contributed by atoms with Crippen LogP contribution in [0.25, 0.3) is 0 Å². The molecule has 1 saturated heterocycles. The molecular weight excluding hydrogens is 422 g/mol. The molecule has 0 aromatic heterocycles. The maximum absolute atomic E-state index is 12.9. The Morgan fingerprint density at radius 1 is 1.09 bits per heavy atom. The van der Waals surface area contributed by atoms with Crippen LogP contribution in [0.1, 0.15) is 58.6 Å². The number of imide groups is 1. The van der Waals surface area contributed by atoms with Crippen LogP contribution in [-0.2, 0) is 27.4 Å². The highest BCUT2D eigenvalue weighted by Gasteiger charge is 2.39. The van der Waals surface area contributed by atoms with Crippen molar-refractivity contribution in [2.45, 2.75) is 56.8 Å². The van der Waals surface area contributed by atoms with E-state index in [1.807, 2.05) is 30.3 Å². The molecule has 1 saturated carbocycles. The standard InChI is InChI=1S/C25H25N3O5/c29-22-9-8-21(23(30)27-22)28-14-17-7-6-15(10-20(17)24(28)31)13-26-25(32)33-19-11-18(12-19)16-4-2-1-3-5-16/h1-7,10,18-19,21H,8-9,11-14H2,(H,26,32)(H,27,29,30). The second kappa shape index (κ2) is 8.69. The molecule has 33 heavy (non-hydrogen) atoms. The van der Waals surface area contributed by atoms with E-state index in [1.54, 1.807) is 6.07 Å². The SMILES string of the molecule is O=C1CCC(N2Cc3ccc(CNC(=O)OC4CC(c5ccccc5)C4)cc3C2=O)C(=O)N1. The molecule has 2 N–H and O–H groups in total. The highest BCUT2D eigenvalue weighted by Crippen LogP contribution is 2.38. The van der Waals surface area contributed by atoms with Gasteiger partial charge in [0, 0.05) is 25.1 Å². The fourth-order valence-electron chi connectivity index (χ4n) is 4.74. The molecule has 2 heterocycles. The lowest BCUT2D eigenvalue weighted by Crippen LogP contribution is -2.52. The average molecular weight is 447 g/mol. The molecule has 1 atom stereocenters. The lowest BCUT2D eigenvalue weighted by atomic mass is 9.77. The van der Waals surface area contributed by atoms with E-state index in [4.69, 9.17) is 4.74 Å². The first-order valence-corrected chi connectivity index (χ1v) is 11.2. The Morgan fingerprint density at radius 2 is 1.88 bits per heavy atom. The number of hydrogen-bond donors (Lipinski definition) is 2. The maximum Gasteiger partial charge on any atom is 0.407 e. The monoisotopic (exact) mass is 447 g/mol. The van der Waals surface area contributed by atoms with Gasteiger partial charge in [-0.3, -0.25) is 19.7 Å². The van der Waals surface area contributed by atoms with Crippen LogP contribution in [0.4, 0.5) is 4.79 Å². The molecule has 2 aromatic carbocycles. The van der Waals surface area contributed by atoms with Crippen molar-refractivity contribution < 1.29 is 23.9 Å². The molecule has 0 spiro atoms. The van der Waals surface area contributed by atoms with Crippen LogP contribution >= 0.6 is 0 Å². The van der Waals surface area contributed by atoms with Crippen LogP contribution in [0.3, 0.4) is 0 Å². The molecule has 1 aliphatic carbocycles. The van der Waals surface area contributed by atoms with Crippen LogP contribution in [0.2, 0.25) is 0 Å². The molecule has 1 unspecified atom stereocenters. The molecule has 3 aliphatic rings. The van der Waals surface area contributed by atoms with Crippen molar-refractivity contribution in [1.82, 2.24) is 15.5 Å². The van der Waals surface area contributed by atoms with E-state index in [0.717, 1.165) is 24.0 Å². The van der Waals surface area contributed by atoms with Gasteiger partial charge in [-0.05, 0) is 47.9 Å². The van der Waals surface area contributed by atoms with Crippen molar-refractivity contribution in [3.8, 4) is 0 Å². The first kappa shape index (κ1) is 21.2. The summed E-state index contributed by atoms with van der Waals surface area (Å²) in [6.45, 7) is 0.576. The summed E-state index contributed by atoms with van der Waals surface area (Å²) in [6.07, 6.45) is 1.64. The number of nitrogens with zero attached hydrogens (tertiary/aromatic N) is 1. The van der Waals surface area contributed by atoms with E-state index in [2.05, 4.69) is 22.8 Å². The molecule has 8 heteroatoms. The third kappa shape index (κ3) is 4.33. The number of alkyl carbamates (subject to hydrolysis) is 1. The number of nitrogens with one attached hydrogen (secondary N) is 2. The largest absolute Gasteiger partial charge is 0.446 e. The third-order valence-corrected chi connectivity index (χ3v) is 6.67. The zero-order valence-electron chi connectivity index (χ0n) is 18.1. The summed E-state index contributed by atoms with van der Waals surface area (Å²) in [5.41, 5.74) is 3.40. The van der Waals surface area contributed by atoms with Gasteiger partial charge < -0.3 is 15.0 Å². The molecule has 2 fully saturated rings. The Balaban J connectivity index is 1.13. The van der Waals surface area contributed by atoms with Gasteiger partial charge in [0.25, 0.3) is 5.91 Å². The van der Waals surface area contributed by atoms with Crippen molar-refractivity contribution in [2.75, 3.05) is 0 Å². The predicted molar refractivity (Wildman–Crippen MR) is 118 cm³/mol. The van der Waals surface area contributed by atoms with Gasteiger partial charge >= 0.3 is 6.09 Å². The minimum absolute atomic E-state index is 0.0844. The molecule has 8 nitrogen and oxygen atoms in total. The topological polar surface area (TPSA) is 105 Å². The van der Waals surface area contributed by atoms with Crippen molar-refractivity contribution in [3.63, 3.8) is 0 Å². The van der Waals surface area contributed by atoms with Crippen molar-refractivity contribution in [3.05, 3.63) is 70.8 Å². The quantitative estimate of drug-likeness (QED) is 0.686. The fourth-order valence-corrected chi connectivity index (χ4v) is 4.74. The Labute approximate surface area is 191 Å². The molecule has 2 aromatic rings. The smallest absolute Gasteiger partial charge is 0.407 e. The van der Waals surface area contributed by atoms with E-state index < -0.39 is 18.0 Å². The van der Waals surface area contributed by atoms with Gasteiger partial charge in [0.15, 0.2) is 0 Å². The molecule has 0 bridgehead atoms. The number of benzene rings is 2. The summed E-state index contributed by atoms with van der Waals surface area (Å²) in [7, 11) is 0. The second-order valence-electron chi connectivity index (χ2n) is 8.85. The van der Waals surface area contributed by atoms with Crippen LogP contribution in [0.5, 0.6) is 0 Å². The maximum atomic E-state index is 12.9. The number of rotatable bonds is 5. The third-order valence-electron chi connectivity index (χ3n) is 6.67. The van der Waals surface area contributed by atoms with Crippen molar-refractivity contribution in [2.24, 2.45) is 0 Å². The number of ether oxygens (including phenoxy) is 1. The number of carbonyl (C=O) groups is 4. The first-order valence-electron chi connectivity index (χ1n) is 11.2. The lowest BCUT2D eigenvalue weighted by molar-refractivity contribution is -0.136. The number of fused-ring (bicyclic) bond motifs is 1. The summed E-state index contributed by atoms with van der Waals surface area (Å²) < 4.78 is 5.49. The number of hydrogen-bond acceptors (Lipinski definition) is 5. The second-order valence-corrected chi connectivity index (χ2v) is 8.85. The Hall–Kier alpha value is -3.68. The molecule has 170 valence electrons. The van der Waals surface area contributed by atoms with E-state index in [1.165, 1.54) is 10.5 Å². The van der Waals surface area contributed by atoms with E-state index in [9.17, 15) is 19.2 Å². The summed E-state index contributed by atoms with van der Waals surface area (Å²) in [6, 6.07) is 15.0. The Bertz CT molecular complexity index is 1110. The van der Waals surface area contributed by atoms with Crippen molar-refractivity contribution >= 4 is 23.8 Å². The zero-order valence-corrected chi connectivity index (χ0v) is 18.1. The van der Waals surface area contributed by atoms with Gasteiger partial charge in [0.05, 0.1) is 0 Å². The Morgan fingerprint density at radius 3 is 2.64 bits per heavy atom. The highest BCUT2D eigenvalue weighted by molar-refractivity contribution is 6.05. The van der Waals surface area contributed by atoms with Gasteiger partial charge in [0.1, 0.15) is 12.1 Å². The summed E-state index contributed by atoms with van der Waals surface area (Å²) in [5, 5.41) is 5.06. The van der Waals surface area contributed by atoms with Crippen LogP contribution < -0.4 is 10.6 Å². The van der Waals surface area contributed by atoms with Crippen LogP contribution in [-0.4, -0.2) is 40.9 Å². The zero-order chi connectivity index (χ0) is 22.9.